The second kappa shape index (κ2) is 5.11. The van der Waals surface area contributed by atoms with E-state index in [4.69, 9.17) is 0 Å². The normalized spacial score (nSPS) is 10.9. The molecule has 0 amide bonds. The van der Waals surface area contributed by atoms with E-state index in [9.17, 15) is 4.79 Å². The zero-order valence-corrected chi connectivity index (χ0v) is 10.8. The molecule has 0 aliphatic heterocycles. The number of rotatable bonds is 3. The molecule has 0 atom stereocenters. The Kier molecular flexibility index (Phi) is 3.55. The average molecular weight is 242 g/mol. The van der Waals surface area contributed by atoms with Gasteiger partial charge >= 0.3 is 0 Å². The van der Waals surface area contributed by atoms with Crippen LogP contribution in [0.2, 0.25) is 0 Å². The Hall–Kier alpha value is -1.67. The summed E-state index contributed by atoms with van der Waals surface area (Å²) >= 11 is 1.65. The van der Waals surface area contributed by atoms with E-state index in [2.05, 4.69) is 6.07 Å². The van der Waals surface area contributed by atoms with Crippen molar-refractivity contribution >= 4 is 23.2 Å². The first-order valence-corrected chi connectivity index (χ1v) is 6.38. The van der Waals surface area contributed by atoms with Gasteiger partial charge in [-0.1, -0.05) is 29.8 Å². The van der Waals surface area contributed by atoms with Crippen molar-refractivity contribution in [3.8, 4) is 0 Å². The van der Waals surface area contributed by atoms with Crippen LogP contribution < -0.4 is 0 Å². The Morgan fingerprint density at radius 1 is 1.12 bits per heavy atom. The fourth-order valence-corrected chi connectivity index (χ4v) is 2.34. The van der Waals surface area contributed by atoms with Crippen molar-refractivity contribution in [2.45, 2.75) is 13.8 Å². The Morgan fingerprint density at radius 2 is 1.82 bits per heavy atom. The minimum absolute atomic E-state index is 0.0535. The first-order chi connectivity index (χ1) is 8.16. The number of ketones is 1. The van der Waals surface area contributed by atoms with E-state index >= 15 is 0 Å². The predicted octanol–water partition coefficient (Wildman–Crippen LogP) is 4.26. The van der Waals surface area contributed by atoms with Gasteiger partial charge in [0.2, 0.25) is 0 Å². The van der Waals surface area contributed by atoms with Gasteiger partial charge < -0.3 is 0 Å². The third kappa shape index (κ3) is 2.92. The van der Waals surface area contributed by atoms with Gasteiger partial charge in [-0.2, -0.15) is 0 Å². The summed E-state index contributed by atoms with van der Waals surface area (Å²) < 4.78 is 0. The Bertz CT molecular complexity index is 547. The molecule has 0 aliphatic carbocycles. The van der Waals surface area contributed by atoms with Gasteiger partial charge in [0.05, 0.1) is 0 Å². The molecular weight excluding hydrogens is 228 g/mol. The number of allylic oxidation sites excluding steroid dienone is 1. The maximum atomic E-state index is 11.9. The quantitative estimate of drug-likeness (QED) is 0.580. The summed E-state index contributed by atoms with van der Waals surface area (Å²) in [5, 5.41) is 2.03. The SMILES string of the molecule is Cc1ccc(C(=O)C=Cc2sccc2C)cc1. The van der Waals surface area contributed by atoms with Crippen molar-refractivity contribution in [1.82, 2.24) is 0 Å². The third-order valence-electron chi connectivity index (χ3n) is 2.62. The van der Waals surface area contributed by atoms with E-state index in [1.807, 2.05) is 49.6 Å². The molecular formula is C15H14OS. The van der Waals surface area contributed by atoms with Crippen LogP contribution in [0.1, 0.15) is 26.4 Å². The second-order valence-corrected chi connectivity index (χ2v) is 4.98. The summed E-state index contributed by atoms with van der Waals surface area (Å²) in [6.45, 7) is 4.06. The highest BCUT2D eigenvalue weighted by Crippen LogP contribution is 2.17. The highest BCUT2D eigenvalue weighted by atomic mass is 32.1. The Morgan fingerprint density at radius 3 is 2.41 bits per heavy atom. The summed E-state index contributed by atoms with van der Waals surface area (Å²) in [7, 11) is 0. The van der Waals surface area contributed by atoms with Crippen molar-refractivity contribution < 1.29 is 4.79 Å². The third-order valence-corrected chi connectivity index (χ3v) is 3.61. The second-order valence-electron chi connectivity index (χ2n) is 4.03. The predicted molar refractivity (Wildman–Crippen MR) is 73.6 cm³/mol. The lowest BCUT2D eigenvalue weighted by Gasteiger charge is -1.96. The van der Waals surface area contributed by atoms with Gasteiger partial charge in [-0.25, -0.2) is 0 Å². The molecule has 0 saturated carbocycles. The Balaban J connectivity index is 2.14. The average Bonchev–Trinajstić information content (AvgIpc) is 2.73. The molecule has 0 spiro atoms. The van der Waals surface area contributed by atoms with Crippen molar-refractivity contribution in [1.29, 1.82) is 0 Å². The van der Waals surface area contributed by atoms with E-state index < -0.39 is 0 Å². The zero-order valence-electron chi connectivity index (χ0n) is 9.94. The molecule has 1 aromatic heterocycles. The van der Waals surface area contributed by atoms with E-state index in [1.165, 1.54) is 11.1 Å². The summed E-state index contributed by atoms with van der Waals surface area (Å²) in [5.41, 5.74) is 3.11. The molecule has 0 fully saturated rings. The monoisotopic (exact) mass is 242 g/mol. The first-order valence-electron chi connectivity index (χ1n) is 5.50. The number of benzene rings is 1. The summed E-state index contributed by atoms with van der Waals surface area (Å²) in [5.74, 6) is 0.0535. The number of carbonyl (C=O) groups excluding carboxylic acids is 1. The van der Waals surface area contributed by atoms with Gasteiger partial charge in [0.15, 0.2) is 5.78 Å². The summed E-state index contributed by atoms with van der Waals surface area (Å²) in [6.07, 6.45) is 3.53. The number of aryl methyl sites for hydroxylation is 2. The van der Waals surface area contributed by atoms with Crippen LogP contribution in [0.3, 0.4) is 0 Å². The maximum absolute atomic E-state index is 11.9. The molecule has 86 valence electrons. The standard InChI is InChI=1S/C15H14OS/c1-11-3-5-13(6-4-11)14(16)7-8-15-12(2)9-10-17-15/h3-10H,1-2H3. The highest BCUT2D eigenvalue weighted by molar-refractivity contribution is 7.11. The van der Waals surface area contributed by atoms with Crippen LogP contribution in [-0.4, -0.2) is 5.78 Å². The summed E-state index contributed by atoms with van der Waals surface area (Å²) in [4.78, 5) is 13.0. The molecule has 2 aromatic rings. The highest BCUT2D eigenvalue weighted by Gasteiger charge is 2.01. The summed E-state index contributed by atoms with van der Waals surface area (Å²) in [6, 6.07) is 9.70. The van der Waals surface area contributed by atoms with Crippen molar-refractivity contribution in [3.63, 3.8) is 0 Å². The van der Waals surface area contributed by atoms with E-state index in [0.29, 0.717) is 0 Å². The van der Waals surface area contributed by atoms with Crippen LogP contribution in [0.4, 0.5) is 0 Å². The van der Waals surface area contributed by atoms with Gasteiger partial charge in [0.25, 0.3) is 0 Å². The van der Waals surface area contributed by atoms with Crippen LogP contribution in [-0.2, 0) is 0 Å². The molecule has 0 bridgehead atoms. The maximum Gasteiger partial charge on any atom is 0.185 e. The van der Waals surface area contributed by atoms with Crippen molar-refractivity contribution in [2.75, 3.05) is 0 Å². The van der Waals surface area contributed by atoms with Crippen LogP contribution in [0, 0.1) is 13.8 Å². The van der Waals surface area contributed by atoms with Crippen molar-refractivity contribution in [3.05, 3.63) is 63.4 Å². The molecule has 0 aliphatic rings. The van der Waals surface area contributed by atoms with E-state index in [1.54, 1.807) is 17.4 Å². The van der Waals surface area contributed by atoms with Crippen LogP contribution >= 0.6 is 11.3 Å². The zero-order chi connectivity index (χ0) is 12.3. The van der Waals surface area contributed by atoms with Gasteiger partial charge in [-0.3, -0.25) is 4.79 Å². The van der Waals surface area contributed by atoms with Gasteiger partial charge in [0, 0.05) is 10.4 Å². The number of carbonyl (C=O) groups is 1. The smallest absolute Gasteiger partial charge is 0.185 e. The number of hydrogen-bond donors (Lipinski definition) is 0. The molecule has 0 N–H and O–H groups in total. The molecule has 2 heteroatoms. The lowest BCUT2D eigenvalue weighted by molar-refractivity contribution is 0.104. The minimum Gasteiger partial charge on any atom is -0.289 e. The van der Waals surface area contributed by atoms with Crippen LogP contribution in [0.15, 0.2) is 41.8 Å². The molecule has 0 radical (unpaired) electrons. The molecule has 0 unspecified atom stereocenters. The molecule has 1 nitrogen and oxygen atoms in total. The minimum atomic E-state index is 0.0535. The molecule has 2 rings (SSSR count). The Labute approximate surface area is 105 Å². The first kappa shape index (κ1) is 11.8. The number of thiophene rings is 1. The largest absolute Gasteiger partial charge is 0.289 e. The van der Waals surface area contributed by atoms with Gasteiger partial charge in [-0.15, -0.1) is 11.3 Å². The van der Waals surface area contributed by atoms with E-state index in [-0.39, 0.29) is 5.78 Å². The molecule has 17 heavy (non-hydrogen) atoms. The molecule has 1 aromatic carbocycles. The molecule has 0 saturated heterocycles. The molecule has 1 heterocycles. The topological polar surface area (TPSA) is 17.1 Å². The van der Waals surface area contributed by atoms with Gasteiger partial charge in [-0.05, 0) is 43.0 Å². The van der Waals surface area contributed by atoms with Crippen LogP contribution in [0.25, 0.3) is 6.08 Å². The number of hydrogen-bond acceptors (Lipinski definition) is 2. The fraction of sp³-hybridized carbons (Fsp3) is 0.133. The lowest BCUT2D eigenvalue weighted by Crippen LogP contribution is -1.93. The van der Waals surface area contributed by atoms with Gasteiger partial charge in [0.1, 0.15) is 0 Å². The lowest BCUT2D eigenvalue weighted by atomic mass is 10.1. The van der Waals surface area contributed by atoms with Crippen LogP contribution in [0.5, 0.6) is 0 Å². The van der Waals surface area contributed by atoms with Crippen molar-refractivity contribution in [2.24, 2.45) is 0 Å². The fourth-order valence-electron chi connectivity index (χ4n) is 1.52. The van der Waals surface area contributed by atoms with E-state index in [0.717, 1.165) is 10.4 Å².